The maximum atomic E-state index is 10.1. The summed E-state index contributed by atoms with van der Waals surface area (Å²) in [4.78, 5) is 3.12. The molecule has 0 amide bonds. The van der Waals surface area contributed by atoms with Crippen LogP contribution >= 0.6 is 15.9 Å². The van der Waals surface area contributed by atoms with Crippen molar-refractivity contribution < 1.29 is 19.6 Å². The van der Waals surface area contributed by atoms with E-state index in [9.17, 15) is 5.11 Å². The number of rotatable bonds is 3. The van der Waals surface area contributed by atoms with Crippen LogP contribution in [0.1, 0.15) is 5.56 Å². The number of hydrogen-bond acceptors (Lipinski definition) is 2. The molecular weight excluding hydrogens is 296 g/mol. The quantitative estimate of drug-likeness (QED) is 0.674. The lowest BCUT2D eigenvalue weighted by Gasteiger charge is -2.27. The molecule has 1 aromatic rings. The first-order valence-electron chi connectivity index (χ1n) is 6.30. The van der Waals surface area contributed by atoms with E-state index in [0.29, 0.717) is 5.75 Å². The zero-order valence-electron chi connectivity index (χ0n) is 10.9. The van der Waals surface area contributed by atoms with E-state index in [0.717, 1.165) is 29.7 Å². The summed E-state index contributed by atoms with van der Waals surface area (Å²) in [5.74, 6) is 0.818. The molecule has 0 saturated carbocycles. The summed E-state index contributed by atoms with van der Waals surface area (Å²) in [6, 6.07) is 3.78. The van der Waals surface area contributed by atoms with Crippen LogP contribution in [0, 0.1) is 0 Å². The summed E-state index contributed by atoms with van der Waals surface area (Å²) in [5, 5.41) is 10.1. The Hall–Kier alpha value is -0.780. The van der Waals surface area contributed by atoms with Crippen molar-refractivity contribution >= 4 is 15.9 Å². The van der Waals surface area contributed by atoms with Crippen molar-refractivity contribution in [3.05, 3.63) is 22.2 Å². The maximum absolute atomic E-state index is 10.1. The van der Waals surface area contributed by atoms with Crippen LogP contribution in [0.2, 0.25) is 0 Å². The van der Waals surface area contributed by atoms with Gasteiger partial charge in [-0.25, -0.2) is 0 Å². The van der Waals surface area contributed by atoms with Gasteiger partial charge in [0.1, 0.15) is 32.7 Å². The highest BCUT2D eigenvalue weighted by Crippen LogP contribution is 2.33. The van der Waals surface area contributed by atoms with Crippen molar-refractivity contribution in [1.29, 1.82) is 0 Å². The molecule has 1 aliphatic rings. The Morgan fingerprint density at radius 3 is 2.56 bits per heavy atom. The smallest absolute Gasteiger partial charge is 0.166 e. The number of aromatic hydroxyl groups is 1. The lowest BCUT2D eigenvalue weighted by atomic mass is 10.1. The molecule has 3 N–H and O–H groups in total. The fraction of sp³-hybridized carbons (Fsp3) is 0.538. The number of benzene rings is 1. The number of ether oxygens (including phenoxy) is 1. The minimum absolute atomic E-state index is 0.277. The molecule has 18 heavy (non-hydrogen) atoms. The van der Waals surface area contributed by atoms with Gasteiger partial charge in [0, 0.05) is 4.47 Å². The number of nitrogens with one attached hydrogen (secondary N) is 2. The number of piperazine rings is 1. The fourth-order valence-corrected chi connectivity index (χ4v) is 2.88. The summed E-state index contributed by atoms with van der Waals surface area (Å²) < 4.78 is 6.13. The number of phenolic OH excluding ortho intramolecular Hbond substituents is 1. The van der Waals surface area contributed by atoms with Gasteiger partial charge in [0.2, 0.25) is 0 Å². The Balaban J connectivity index is 2.11. The molecule has 0 radical (unpaired) electrons. The van der Waals surface area contributed by atoms with E-state index >= 15 is 0 Å². The first kappa shape index (κ1) is 13.6. The number of halogens is 1. The highest BCUT2D eigenvalue weighted by Gasteiger charge is 2.22. The molecule has 1 fully saturated rings. The van der Waals surface area contributed by atoms with Gasteiger partial charge >= 0.3 is 0 Å². The Morgan fingerprint density at radius 1 is 1.28 bits per heavy atom. The van der Waals surface area contributed by atoms with Crippen LogP contribution in [-0.4, -0.2) is 45.4 Å². The zero-order chi connectivity index (χ0) is 13.1. The fourth-order valence-electron chi connectivity index (χ4n) is 2.40. The third-order valence-electron chi connectivity index (χ3n) is 3.59. The standard InChI is InChI=1S/C13H19BrN2O2/c1-15-3-5-16(6-4-15)9-10-7-11(14)8-12(18-2)13(10)17/h7-8,17H,3-6,9H2,1-2H3/p+2. The lowest BCUT2D eigenvalue weighted by Crippen LogP contribution is -3.26. The van der Waals surface area contributed by atoms with Gasteiger partial charge in [-0.3, -0.25) is 0 Å². The molecule has 1 saturated heterocycles. The van der Waals surface area contributed by atoms with Crippen LogP contribution in [0.5, 0.6) is 11.5 Å². The van der Waals surface area contributed by atoms with E-state index in [1.165, 1.54) is 18.0 Å². The average molecular weight is 317 g/mol. The summed E-state index contributed by atoms with van der Waals surface area (Å²) in [5.41, 5.74) is 0.954. The van der Waals surface area contributed by atoms with Crippen LogP contribution in [0.25, 0.3) is 0 Å². The maximum Gasteiger partial charge on any atom is 0.166 e. The van der Waals surface area contributed by atoms with Crippen LogP contribution in [0.3, 0.4) is 0 Å². The van der Waals surface area contributed by atoms with E-state index in [1.807, 2.05) is 6.07 Å². The summed E-state index contributed by atoms with van der Waals surface area (Å²) >= 11 is 3.46. The van der Waals surface area contributed by atoms with Crippen molar-refractivity contribution in [3.63, 3.8) is 0 Å². The first-order valence-corrected chi connectivity index (χ1v) is 7.09. The van der Waals surface area contributed by atoms with Crippen molar-refractivity contribution in [2.24, 2.45) is 0 Å². The van der Waals surface area contributed by atoms with Gasteiger partial charge in [0.15, 0.2) is 11.5 Å². The summed E-state index contributed by atoms with van der Waals surface area (Å²) in [6.45, 7) is 5.55. The molecule has 1 aliphatic heterocycles. The molecule has 0 unspecified atom stereocenters. The van der Waals surface area contributed by atoms with E-state index < -0.39 is 0 Å². The van der Waals surface area contributed by atoms with E-state index in [2.05, 4.69) is 23.0 Å². The lowest BCUT2D eigenvalue weighted by molar-refractivity contribution is -1.01. The predicted molar refractivity (Wildman–Crippen MR) is 73.4 cm³/mol. The Morgan fingerprint density at radius 2 is 1.94 bits per heavy atom. The molecule has 0 spiro atoms. The monoisotopic (exact) mass is 316 g/mol. The van der Waals surface area contributed by atoms with E-state index in [1.54, 1.807) is 18.1 Å². The van der Waals surface area contributed by atoms with Crippen LogP contribution in [0.4, 0.5) is 0 Å². The minimum atomic E-state index is 0.277. The second kappa shape index (κ2) is 5.91. The minimum Gasteiger partial charge on any atom is -0.504 e. The molecule has 1 heterocycles. The number of likely N-dealkylation sites (N-methyl/N-ethyl adjacent to an activating group) is 1. The van der Waals surface area contributed by atoms with E-state index in [-0.39, 0.29) is 5.75 Å². The van der Waals surface area contributed by atoms with Crippen molar-refractivity contribution in [2.75, 3.05) is 40.3 Å². The van der Waals surface area contributed by atoms with Crippen molar-refractivity contribution in [3.8, 4) is 11.5 Å². The average Bonchev–Trinajstić information content (AvgIpc) is 2.36. The van der Waals surface area contributed by atoms with Gasteiger partial charge in [0.25, 0.3) is 0 Å². The predicted octanol–water partition coefficient (Wildman–Crippen LogP) is -0.923. The van der Waals surface area contributed by atoms with Gasteiger partial charge in [-0.05, 0) is 12.1 Å². The SMILES string of the molecule is COc1cc(Br)cc(C[NH+]2CC[NH+](C)CC2)c1O. The topological polar surface area (TPSA) is 38.3 Å². The van der Waals surface area contributed by atoms with Gasteiger partial charge < -0.3 is 19.6 Å². The second-order valence-corrected chi connectivity index (χ2v) is 5.92. The first-order chi connectivity index (χ1) is 8.60. The highest BCUT2D eigenvalue weighted by atomic mass is 79.9. The van der Waals surface area contributed by atoms with Crippen LogP contribution in [0.15, 0.2) is 16.6 Å². The highest BCUT2D eigenvalue weighted by molar-refractivity contribution is 9.10. The zero-order valence-corrected chi connectivity index (χ0v) is 12.5. The number of hydrogen-bond donors (Lipinski definition) is 3. The Bertz CT molecular complexity index is 418. The summed E-state index contributed by atoms with van der Waals surface area (Å²) in [7, 11) is 3.81. The molecule has 2 rings (SSSR count). The Kier molecular flexibility index (Phi) is 4.48. The Labute approximate surface area is 116 Å². The van der Waals surface area contributed by atoms with E-state index in [4.69, 9.17) is 4.74 Å². The van der Waals surface area contributed by atoms with Gasteiger partial charge in [-0.15, -0.1) is 0 Å². The molecule has 5 heteroatoms. The molecule has 0 bridgehead atoms. The van der Waals surface area contributed by atoms with Crippen molar-refractivity contribution in [1.82, 2.24) is 0 Å². The van der Waals surface area contributed by atoms with Gasteiger partial charge in [-0.2, -0.15) is 0 Å². The molecule has 0 aromatic heterocycles. The number of methoxy groups -OCH3 is 1. The van der Waals surface area contributed by atoms with Gasteiger partial charge in [0.05, 0.1) is 19.7 Å². The number of quaternary nitrogens is 2. The normalized spacial score (nSPS) is 23.9. The van der Waals surface area contributed by atoms with Gasteiger partial charge in [-0.1, -0.05) is 15.9 Å². The number of phenols is 1. The molecule has 100 valence electrons. The molecule has 1 aromatic carbocycles. The molecule has 0 atom stereocenters. The van der Waals surface area contributed by atoms with Crippen LogP contribution < -0.4 is 14.5 Å². The van der Waals surface area contributed by atoms with Crippen LogP contribution in [-0.2, 0) is 6.54 Å². The summed E-state index contributed by atoms with van der Waals surface area (Å²) in [6.07, 6.45) is 0. The van der Waals surface area contributed by atoms with Crippen molar-refractivity contribution in [2.45, 2.75) is 6.54 Å². The molecule has 4 nitrogen and oxygen atoms in total. The second-order valence-electron chi connectivity index (χ2n) is 5.00. The third-order valence-corrected chi connectivity index (χ3v) is 4.05. The molecule has 0 aliphatic carbocycles. The third kappa shape index (κ3) is 3.16. The largest absolute Gasteiger partial charge is 0.504 e. The molecular formula is C13H21BrN2O2+2.